The first-order valence-corrected chi connectivity index (χ1v) is 9.66. The largest absolute Gasteiger partial charge is 0.378 e. The summed E-state index contributed by atoms with van der Waals surface area (Å²) in [5.74, 6) is -0.420. The van der Waals surface area contributed by atoms with Crippen LogP contribution in [0.1, 0.15) is 24.4 Å². The molecule has 0 aliphatic carbocycles. The van der Waals surface area contributed by atoms with Crippen LogP contribution in [0.5, 0.6) is 0 Å². The van der Waals surface area contributed by atoms with E-state index in [4.69, 9.17) is 4.74 Å². The summed E-state index contributed by atoms with van der Waals surface area (Å²) in [4.78, 5) is 20.9. The third-order valence-corrected chi connectivity index (χ3v) is 5.77. The summed E-state index contributed by atoms with van der Waals surface area (Å²) in [6.45, 7) is 2.19. The lowest BCUT2D eigenvalue weighted by Crippen LogP contribution is -2.60. The molecule has 1 aromatic carbocycles. The zero-order chi connectivity index (χ0) is 19.5. The van der Waals surface area contributed by atoms with Gasteiger partial charge < -0.3 is 15.0 Å². The lowest BCUT2D eigenvalue weighted by atomic mass is 9.88. The SMILES string of the molecule is CO[C@H]1CN(C2CCN(C(=O)Nc3ccccc3F)CC2)[C@H]1c1cccnc1. The number of ether oxygens (including phenoxy) is 1. The van der Waals surface area contributed by atoms with Crippen LogP contribution in [0.15, 0.2) is 48.8 Å². The number of nitrogens with zero attached hydrogens (tertiary/aromatic N) is 3. The standard InChI is InChI=1S/C21H25FN4O2/c1-28-19-14-26(20(19)15-5-4-10-23-13-15)16-8-11-25(12-9-16)21(27)24-18-7-3-2-6-17(18)22/h2-7,10,13,16,19-20H,8-9,11-12,14H2,1H3,(H,24,27)/t19-,20-/m0/s1. The van der Waals surface area contributed by atoms with Gasteiger partial charge in [0, 0.05) is 45.2 Å². The van der Waals surface area contributed by atoms with Crippen molar-refractivity contribution in [2.45, 2.75) is 31.0 Å². The average molecular weight is 384 g/mol. The van der Waals surface area contributed by atoms with Gasteiger partial charge >= 0.3 is 6.03 Å². The van der Waals surface area contributed by atoms with E-state index in [-0.39, 0.29) is 23.9 Å². The summed E-state index contributed by atoms with van der Waals surface area (Å²) in [6, 6.07) is 10.6. The molecule has 28 heavy (non-hydrogen) atoms. The van der Waals surface area contributed by atoms with Gasteiger partial charge in [-0.3, -0.25) is 9.88 Å². The van der Waals surface area contributed by atoms with Crippen molar-refractivity contribution in [3.05, 3.63) is 60.2 Å². The second-order valence-electron chi connectivity index (χ2n) is 7.33. The minimum atomic E-state index is -0.420. The van der Waals surface area contributed by atoms with E-state index < -0.39 is 5.82 Å². The summed E-state index contributed by atoms with van der Waals surface area (Å²) in [5, 5.41) is 2.67. The lowest BCUT2D eigenvalue weighted by Gasteiger charge is -2.52. The molecular formula is C21H25FN4O2. The first-order chi connectivity index (χ1) is 13.7. The maximum atomic E-state index is 13.8. The van der Waals surface area contributed by atoms with Crippen LogP contribution in [-0.4, -0.2) is 59.7 Å². The minimum Gasteiger partial charge on any atom is -0.378 e. The molecule has 2 aliphatic heterocycles. The number of hydrogen-bond donors (Lipinski definition) is 1. The molecule has 2 aromatic rings. The van der Waals surface area contributed by atoms with Gasteiger partial charge in [-0.1, -0.05) is 18.2 Å². The van der Waals surface area contributed by atoms with Crippen LogP contribution in [0, 0.1) is 5.82 Å². The summed E-state index contributed by atoms with van der Waals surface area (Å²) < 4.78 is 19.4. The smallest absolute Gasteiger partial charge is 0.321 e. The second kappa shape index (κ2) is 8.24. The molecule has 4 rings (SSSR count). The van der Waals surface area contributed by atoms with E-state index in [9.17, 15) is 9.18 Å². The quantitative estimate of drug-likeness (QED) is 0.879. The number of hydrogen-bond acceptors (Lipinski definition) is 4. The number of anilines is 1. The van der Waals surface area contributed by atoms with Crippen LogP contribution in [0.4, 0.5) is 14.9 Å². The maximum absolute atomic E-state index is 13.8. The molecule has 1 aromatic heterocycles. The number of amides is 2. The van der Waals surface area contributed by atoms with Crippen LogP contribution in [0.2, 0.25) is 0 Å². The third kappa shape index (κ3) is 3.72. The van der Waals surface area contributed by atoms with Crippen molar-refractivity contribution >= 4 is 11.7 Å². The van der Waals surface area contributed by atoms with Crippen LogP contribution >= 0.6 is 0 Å². The van der Waals surface area contributed by atoms with E-state index in [1.54, 1.807) is 36.4 Å². The van der Waals surface area contributed by atoms with Crippen LogP contribution in [0.3, 0.4) is 0 Å². The van der Waals surface area contributed by atoms with E-state index in [2.05, 4.69) is 21.3 Å². The van der Waals surface area contributed by atoms with E-state index >= 15 is 0 Å². The van der Waals surface area contributed by atoms with Crippen molar-refractivity contribution in [3.63, 3.8) is 0 Å². The molecule has 2 saturated heterocycles. The Morgan fingerprint density at radius 3 is 2.68 bits per heavy atom. The van der Waals surface area contributed by atoms with Gasteiger partial charge in [0.05, 0.1) is 17.8 Å². The Balaban J connectivity index is 1.35. The van der Waals surface area contributed by atoms with Gasteiger partial charge in [0.25, 0.3) is 0 Å². The molecule has 1 N–H and O–H groups in total. The predicted molar refractivity (Wildman–Crippen MR) is 104 cm³/mol. The Kier molecular flexibility index (Phi) is 5.54. The zero-order valence-corrected chi connectivity index (χ0v) is 15.9. The van der Waals surface area contributed by atoms with Crippen molar-refractivity contribution in [3.8, 4) is 0 Å². The number of para-hydroxylation sites is 1. The second-order valence-corrected chi connectivity index (χ2v) is 7.33. The number of rotatable bonds is 4. The van der Waals surface area contributed by atoms with Crippen LogP contribution in [0.25, 0.3) is 0 Å². The van der Waals surface area contributed by atoms with E-state index in [0.29, 0.717) is 19.1 Å². The number of likely N-dealkylation sites (tertiary alicyclic amines) is 2. The fraction of sp³-hybridized carbons (Fsp3) is 0.429. The van der Waals surface area contributed by atoms with Gasteiger partial charge in [-0.25, -0.2) is 9.18 Å². The Hall–Kier alpha value is -2.51. The number of urea groups is 1. The van der Waals surface area contributed by atoms with Gasteiger partial charge in [0.2, 0.25) is 0 Å². The number of carbonyl (C=O) groups excluding carboxylic acids is 1. The van der Waals surface area contributed by atoms with E-state index in [0.717, 1.165) is 19.4 Å². The molecule has 0 radical (unpaired) electrons. The summed E-state index contributed by atoms with van der Waals surface area (Å²) in [7, 11) is 1.75. The number of benzene rings is 1. The number of aromatic nitrogens is 1. The molecule has 6 nitrogen and oxygen atoms in total. The highest BCUT2D eigenvalue weighted by Gasteiger charge is 2.44. The number of piperidine rings is 1. The molecule has 148 valence electrons. The first-order valence-electron chi connectivity index (χ1n) is 9.66. The van der Waals surface area contributed by atoms with Crippen molar-refractivity contribution in [1.29, 1.82) is 0 Å². The van der Waals surface area contributed by atoms with E-state index in [1.165, 1.54) is 11.6 Å². The Bertz CT molecular complexity index is 811. The maximum Gasteiger partial charge on any atom is 0.321 e. The molecule has 0 bridgehead atoms. The van der Waals surface area contributed by atoms with Gasteiger partial charge in [0.15, 0.2) is 0 Å². The topological polar surface area (TPSA) is 57.7 Å². The number of nitrogens with one attached hydrogen (secondary N) is 1. The number of pyridine rings is 1. The van der Waals surface area contributed by atoms with E-state index in [1.807, 2.05) is 12.3 Å². The van der Waals surface area contributed by atoms with Crippen molar-refractivity contribution in [2.24, 2.45) is 0 Å². The monoisotopic (exact) mass is 384 g/mol. The van der Waals surface area contributed by atoms with Gasteiger partial charge in [-0.15, -0.1) is 0 Å². The highest BCUT2D eigenvalue weighted by atomic mass is 19.1. The minimum absolute atomic E-state index is 0.173. The predicted octanol–water partition coefficient (Wildman–Crippen LogP) is 3.29. The molecule has 7 heteroatoms. The van der Waals surface area contributed by atoms with Crippen LogP contribution < -0.4 is 5.32 Å². The van der Waals surface area contributed by atoms with Crippen molar-refractivity contribution < 1.29 is 13.9 Å². The normalized spacial score (nSPS) is 23.3. The highest BCUT2D eigenvalue weighted by molar-refractivity contribution is 5.89. The molecule has 3 heterocycles. The molecule has 0 spiro atoms. The molecule has 2 atom stereocenters. The number of methoxy groups -OCH3 is 1. The fourth-order valence-electron chi connectivity index (χ4n) is 4.19. The average Bonchev–Trinajstić information content (AvgIpc) is 2.70. The van der Waals surface area contributed by atoms with Crippen molar-refractivity contribution in [2.75, 3.05) is 32.1 Å². The molecular weight excluding hydrogens is 359 g/mol. The van der Waals surface area contributed by atoms with Gasteiger partial charge in [0.1, 0.15) is 5.82 Å². The Labute approximate surface area is 164 Å². The number of halogens is 1. The molecule has 2 aliphatic rings. The summed E-state index contributed by atoms with van der Waals surface area (Å²) in [6.07, 6.45) is 5.63. The van der Waals surface area contributed by atoms with Gasteiger partial charge in [-0.05, 0) is 36.6 Å². The lowest BCUT2D eigenvalue weighted by molar-refractivity contribution is -0.115. The summed E-state index contributed by atoms with van der Waals surface area (Å²) >= 11 is 0. The Morgan fingerprint density at radius 1 is 1.21 bits per heavy atom. The fourth-order valence-corrected chi connectivity index (χ4v) is 4.19. The van der Waals surface area contributed by atoms with Crippen LogP contribution in [-0.2, 0) is 4.74 Å². The zero-order valence-electron chi connectivity index (χ0n) is 15.9. The molecule has 0 saturated carbocycles. The highest BCUT2D eigenvalue weighted by Crippen LogP contribution is 2.39. The summed E-state index contributed by atoms with van der Waals surface area (Å²) in [5.41, 5.74) is 1.39. The first kappa shape index (κ1) is 18.8. The Morgan fingerprint density at radius 2 is 2.00 bits per heavy atom. The molecule has 2 amide bonds. The van der Waals surface area contributed by atoms with Crippen molar-refractivity contribution in [1.82, 2.24) is 14.8 Å². The van der Waals surface area contributed by atoms with Gasteiger partial charge in [-0.2, -0.15) is 0 Å². The number of carbonyl (C=O) groups is 1. The third-order valence-electron chi connectivity index (χ3n) is 5.77. The molecule has 2 fully saturated rings. The molecule has 0 unspecified atom stereocenters.